The maximum absolute atomic E-state index is 13.3. The van der Waals surface area contributed by atoms with Crippen molar-refractivity contribution in [1.29, 1.82) is 0 Å². The number of methoxy groups -OCH3 is 2. The molecule has 2 aromatic rings. The second kappa shape index (κ2) is 13.2. The highest BCUT2D eigenvalue weighted by Crippen LogP contribution is 2.30. The fraction of sp³-hybridized carbons (Fsp3) is 0.440. The van der Waals surface area contributed by atoms with Crippen LogP contribution in [-0.2, 0) is 16.1 Å². The molecule has 0 aliphatic heterocycles. The van der Waals surface area contributed by atoms with Gasteiger partial charge in [0.05, 0.1) is 19.1 Å². The van der Waals surface area contributed by atoms with Crippen LogP contribution < -0.4 is 19.5 Å². The van der Waals surface area contributed by atoms with Crippen LogP contribution in [0.3, 0.4) is 0 Å². The van der Waals surface area contributed by atoms with E-state index in [1.165, 1.54) is 30.2 Å². The molecule has 0 aliphatic rings. The van der Waals surface area contributed by atoms with Gasteiger partial charge in [0.1, 0.15) is 17.5 Å². The molecule has 0 bridgehead atoms. The summed E-state index contributed by atoms with van der Waals surface area (Å²) in [6, 6.07) is 10.5. The summed E-state index contributed by atoms with van der Waals surface area (Å²) in [5.74, 6) is 0.311. The Morgan fingerprint density at radius 1 is 1.03 bits per heavy atom. The third-order valence-corrected chi connectivity index (χ3v) is 5.61. The molecule has 0 aromatic heterocycles. The van der Waals surface area contributed by atoms with E-state index in [9.17, 15) is 19.7 Å². The van der Waals surface area contributed by atoms with Gasteiger partial charge in [0.15, 0.2) is 6.61 Å². The molecule has 0 unspecified atom stereocenters. The molecule has 2 rings (SSSR count). The van der Waals surface area contributed by atoms with Crippen molar-refractivity contribution < 1.29 is 28.7 Å². The molecule has 10 nitrogen and oxygen atoms in total. The van der Waals surface area contributed by atoms with Gasteiger partial charge >= 0.3 is 5.69 Å². The molecule has 0 radical (unpaired) electrons. The summed E-state index contributed by atoms with van der Waals surface area (Å²) in [7, 11) is 2.89. The highest BCUT2D eigenvalue weighted by molar-refractivity contribution is 5.88. The standard InChI is InChI=1S/C25H33N3O7/c1-6-17(3)26-25(30)21(7-2)27(15-18-8-10-19(33-4)11-9-18)24(29)16-35-20-12-13-22(28(31)32)23(14-20)34-5/h8-14,17,21H,6-7,15-16H2,1-5H3,(H,26,30)/t17-,21-/m0/s1. The van der Waals surface area contributed by atoms with Crippen molar-refractivity contribution in [2.45, 2.75) is 52.2 Å². The maximum Gasteiger partial charge on any atom is 0.311 e. The number of hydrogen-bond donors (Lipinski definition) is 1. The summed E-state index contributed by atoms with van der Waals surface area (Å²) in [4.78, 5) is 38.3. The third kappa shape index (κ3) is 7.59. The predicted molar refractivity (Wildman–Crippen MR) is 131 cm³/mol. The van der Waals surface area contributed by atoms with Gasteiger partial charge in [0.2, 0.25) is 11.7 Å². The van der Waals surface area contributed by atoms with Gasteiger partial charge in [0, 0.05) is 24.7 Å². The van der Waals surface area contributed by atoms with Crippen LogP contribution in [0, 0.1) is 10.1 Å². The Bertz CT molecular complexity index is 1010. The minimum absolute atomic E-state index is 0.0226. The number of hydrogen-bond acceptors (Lipinski definition) is 7. The minimum atomic E-state index is -0.700. The van der Waals surface area contributed by atoms with Crippen molar-refractivity contribution in [3.05, 3.63) is 58.1 Å². The van der Waals surface area contributed by atoms with E-state index in [2.05, 4.69) is 5.32 Å². The number of amides is 2. The van der Waals surface area contributed by atoms with Gasteiger partial charge in [-0.15, -0.1) is 0 Å². The second-order valence-electron chi connectivity index (χ2n) is 7.99. The molecule has 0 saturated carbocycles. The van der Waals surface area contributed by atoms with E-state index in [-0.39, 0.29) is 42.3 Å². The first kappa shape index (κ1) is 27.4. The molecule has 0 saturated heterocycles. The van der Waals surface area contributed by atoms with Crippen molar-refractivity contribution in [3.63, 3.8) is 0 Å². The summed E-state index contributed by atoms with van der Waals surface area (Å²) >= 11 is 0. The minimum Gasteiger partial charge on any atom is -0.497 e. The summed E-state index contributed by atoms with van der Waals surface area (Å²) < 4.78 is 15.9. The van der Waals surface area contributed by atoms with Crippen molar-refractivity contribution in [3.8, 4) is 17.2 Å². The van der Waals surface area contributed by atoms with Crippen LogP contribution >= 0.6 is 0 Å². The molecule has 1 N–H and O–H groups in total. The Morgan fingerprint density at radius 3 is 2.23 bits per heavy atom. The number of nitro benzene ring substituents is 1. The number of nitro groups is 1. The van der Waals surface area contributed by atoms with Gasteiger partial charge in [-0.1, -0.05) is 26.0 Å². The van der Waals surface area contributed by atoms with Gasteiger partial charge in [0.25, 0.3) is 5.91 Å². The summed E-state index contributed by atoms with van der Waals surface area (Å²) in [5, 5.41) is 14.1. The average Bonchev–Trinajstić information content (AvgIpc) is 2.86. The van der Waals surface area contributed by atoms with E-state index in [1.807, 2.05) is 32.9 Å². The molecular weight excluding hydrogens is 454 g/mol. The monoisotopic (exact) mass is 487 g/mol. The zero-order valence-corrected chi connectivity index (χ0v) is 20.8. The fourth-order valence-corrected chi connectivity index (χ4v) is 3.41. The van der Waals surface area contributed by atoms with E-state index < -0.39 is 16.9 Å². The smallest absolute Gasteiger partial charge is 0.311 e. The molecule has 0 spiro atoms. The first-order valence-corrected chi connectivity index (χ1v) is 11.4. The molecule has 0 aliphatic carbocycles. The maximum atomic E-state index is 13.3. The molecule has 2 amide bonds. The highest BCUT2D eigenvalue weighted by atomic mass is 16.6. The van der Waals surface area contributed by atoms with Crippen LogP contribution in [0.1, 0.15) is 39.2 Å². The fourth-order valence-electron chi connectivity index (χ4n) is 3.41. The van der Waals surface area contributed by atoms with Gasteiger partial charge in [-0.2, -0.15) is 0 Å². The zero-order valence-electron chi connectivity index (χ0n) is 20.8. The van der Waals surface area contributed by atoms with Crippen LogP contribution in [-0.4, -0.2) is 54.5 Å². The van der Waals surface area contributed by atoms with Crippen LogP contribution in [0.4, 0.5) is 5.69 Å². The zero-order chi connectivity index (χ0) is 26.0. The summed E-state index contributed by atoms with van der Waals surface area (Å²) in [6.45, 7) is 5.56. The largest absolute Gasteiger partial charge is 0.497 e. The van der Waals surface area contributed by atoms with E-state index in [4.69, 9.17) is 14.2 Å². The van der Waals surface area contributed by atoms with Gasteiger partial charge in [-0.25, -0.2) is 0 Å². The van der Waals surface area contributed by atoms with E-state index >= 15 is 0 Å². The predicted octanol–water partition coefficient (Wildman–Crippen LogP) is 3.71. The lowest BCUT2D eigenvalue weighted by Crippen LogP contribution is -2.51. The van der Waals surface area contributed by atoms with Crippen molar-refractivity contribution in [2.24, 2.45) is 0 Å². The number of carbonyl (C=O) groups excluding carboxylic acids is 2. The number of rotatable bonds is 13. The number of nitrogens with zero attached hydrogens (tertiary/aromatic N) is 2. The Labute approximate surface area is 205 Å². The van der Waals surface area contributed by atoms with Crippen molar-refractivity contribution >= 4 is 17.5 Å². The Balaban J connectivity index is 2.25. The van der Waals surface area contributed by atoms with E-state index in [1.54, 1.807) is 19.2 Å². The van der Waals surface area contributed by atoms with Gasteiger partial charge in [-0.3, -0.25) is 19.7 Å². The second-order valence-corrected chi connectivity index (χ2v) is 7.99. The molecule has 190 valence electrons. The molecule has 0 heterocycles. The number of benzene rings is 2. The third-order valence-electron chi connectivity index (χ3n) is 5.61. The summed E-state index contributed by atoms with van der Waals surface area (Å²) in [5.41, 5.74) is 0.617. The molecule has 2 atom stereocenters. The highest BCUT2D eigenvalue weighted by Gasteiger charge is 2.29. The van der Waals surface area contributed by atoms with Crippen molar-refractivity contribution in [2.75, 3.05) is 20.8 Å². The van der Waals surface area contributed by atoms with Crippen LogP contribution in [0.5, 0.6) is 17.2 Å². The van der Waals surface area contributed by atoms with Gasteiger partial charge < -0.3 is 24.4 Å². The lowest BCUT2D eigenvalue weighted by molar-refractivity contribution is -0.385. The topological polar surface area (TPSA) is 120 Å². The summed E-state index contributed by atoms with van der Waals surface area (Å²) in [6.07, 6.45) is 1.18. The SMILES string of the molecule is CC[C@H](C)NC(=O)[C@H](CC)N(Cc1ccc(OC)cc1)C(=O)COc1ccc([N+](=O)[O-])c(OC)c1. The first-order chi connectivity index (χ1) is 16.7. The Kier molecular flexibility index (Phi) is 10.3. The molecular formula is C25H33N3O7. The van der Waals surface area contributed by atoms with Gasteiger partial charge in [-0.05, 0) is 43.5 Å². The first-order valence-electron chi connectivity index (χ1n) is 11.4. The average molecular weight is 488 g/mol. The molecule has 35 heavy (non-hydrogen) atoms. The van der Waals surface area contributed by atoms with Crippen LogP contribution in [0.15, 0.2) is 42.5 Å². The Hall–Kier alpha value is -3.82. The number of ether oxygens (including phenoxy) is 3. The lowest BCUT2D eigenvalue weighted by atomic mass is 10.1. The number of carbonyl (C=O) groups is 2. The Morgan fingerprint density at radius 2 is 1.69 bits per heavy atom. The normalized spacial score (nSPS) is 12.3. The molecule has 0 fully saturated rings. The molecule has 10 heteroatoms. The van der Waals surface area contributed by atoms with Crippen molar-refractivity contribution in [1.82, 2.24) is 10.2 Å². The van der Waals surface area contributed by atoms with Crippen LogP contribution in [0.2, 0.25) is 0 Å². The molecule has 2 aromatic carbocycles. The number of nitrogens with one attached hydrogen (secondary N) is 1. The quantitative estimate of drug-likeness (QED) is 0.338. The van der Waals surface area contributed by atoms with Crippen LogP contribution in [0.25, 0.3) is 0 Å². The van der Waals surface area contributed by atoms with E-state index in [0.717, 1.165) is 12.0 Å². The van der Waals surface area contributed by atoms with E-state index in [0.29, 0.717) is 12.2 Å². The lowest BCUT2D eigenvalue weighted by Gasteiger charge is -2.31.